The number of hydrogen-bond acceptors (Lipinski definition) is 6. The molecule has 2 atom stereocenters. The Bertz CT molecular complexity index is 899. The molecule has 168 valence electrons. The van der Waals surface area contributed by atoms with E-state index in [2.05, 4.69) is 10.3 Å². The lowest BCUT2D eigenvalue weighted by Crippen LogP contribution is -2.48. The molecule has 1 N–H and O–H groups in total. The van der Waals surface area contributed by atoms with Gasteiger partial charge in [-0.05, 0) is 26.0 Å². The number of carbonyl (C=O) groups is 2. The van der Waals surface area contributed by atoms with Crippen LogP contribution in [0.25, 0.3) is 0 Å². The van der Waals surface area contributed by atoms with E-state index < -0.39 is 11.8 Å². The number of benzene rings is 1. The summed E-state index contributed by atoms with van der Waals surface area (Å²) in [5, 5.41) is 4.88. The number of hydrogen-bond donors (Lipinski definition) is 1. The zero-order valence-electron chi connectivity index (χ0n) is 17.8. The number of rotatable bonds is 7. The third-order valence-electron chi connectivity index (χ3n) is 4.77. The molecular formula is C21H27FN4O4S. The SMILES string of the molecule is COCCN(Cc1nc(C(=O)N2CC(C)OC(C)C2)cs1)C(=O)Nc1ccccc1F. The number of urea groups is 1. The van der Waals surface area contributed by atoms with Crippen LogP contribution in [0.5, 0.6) is 0 Å². The van der Waals surface area contributed by atoms with Gasteiger partial charge in [0.15, 0.2) is 0 Å². The molecule has 3 rings (SSSR count). The van der Waals surface area contributed by atoms with Crippen LogP contribution in [-0.2, 0) is 16.0 Å². The molecule has 0 aliphatic carbocycles. The third kappa shape index (κ3) is 6.22. The van der Waals surface area contributed by atoms with E-state index in [1.165, 1.54) is 35.5 Å². The van der Waals surface area contributed by atoms with Crippen LogP contribution < -0.4 is 5.32 Å². The fourth-order valence-electron chi connectivity index (χ4n) is 3.36. The first-order chi connectivity index (χ1) is 14.9. The quantitative estimate of drug-likeness (QED) is 0.700. The normalized spacial score (nSPS) is 18.6. The largest absolute Gasteiger partial charge is 0.383 e. The summed E-state index contributed by atoms with van der Waals surface area (Å²) in [5.74, 6) is -0.664. The van der Waals surface area contributed by atoms with Gasteiger partial charge in [0, 0.05) is 32.1 Å². The van der Waals surface area contributed by atoms with Gasteiger partial charge in [-0.1, -0.05) is 12.1 Å². The first-order valence-corrected chi connectivity index (χ1v) is 10.9. The first-order valence-electron chi connectivity index (χ1n) is 10.1. The molecule has 10 heteroatoms. The molecule has 0 radical (unpaired) electrons. The average Bonchev–Trinajstić information content (AvgIpc) is 3.20. The van der Waals surface area contributed by atoms with E-state index >= 15 is 0 Å². The number of halogens is 1. The maximum Gasteiger partial charge on any atom is 0.322 e. The Morgan fingerprint density at radius 1 is 1.32 bits per heavy atom. The summed E-state index contributed by atoms with van der Waals surface area (Å²) in [6, 6.07) is 5.50. The van der Waals surface area contributed by atoms with E-state index in [9.17, 15) is 14.0 Å². The predicted molar refractivity (Wildman–Crippen MR) is 116 cm³/mol. The Labute approximate surface area is 185 Å². The third-order valence-corrected chi connectivity index (χ3v) is 5.61. The van der Waals surface area contributed by atoms with Crippen molar-refractivity contribution >= 4 is 29.0 Å². The number of nitrogens with one attached hydrogen (secondary N) is 1. The number of methoxy groups -OCH3 is 1. The molecule has 1 fully saturated rings. The summed E-state index contributed by atoms with van der Waals surface area (Å²) >= 11 is 1.31. The van der Waals surface area contributed by atoms with Gasteiger partial charge in [0.2, 0.25) is 0 Å². The number of nitrogens with zero attached hydrogens (tertiary/aromatic N) is 3. The van der Waals surface area contributed by atoms with Crippen LogP contribution in [0.2, 0.25) is 0 Å². The number of amides is 3. The van der Waals surface area contributed by atoms with Crippen molar-refractivity contribution in [1.29, 1.82) is 0 Å². The smallest absolute Gasteiger partial charge is 0.322 e. The van der Waals surface area contributed by atoms with Gasteiger partial charge < -0.3 is 24.6 Å². The molecule has 0 bridgehead atoms. The van der Waals surface area contributed by atoms with Crippen LogP contribution in [0.1, 0.15) is 29.3 Å². The van der Waals surface area contributed by atoms with Crippen molar-refractivity contribution in [2.75, 3.05) is 38.7 Å². The van der Waals surface area contributed by atoms with Gasteiger partial charge >= 0.3 is 6.03 Å². The van der Waals surface area contributed by atoms with Crippen LogP contribution in [0.4, 0.5) is 14.9 Å². The van der Waals surface area contributed by atoms with E-state index in [0.717, 1.165) is 0 Å². The second kappa shape index (κ2) is 10.7. The Hall–Kier alpha value is -2.56. The molecule has 1 saturated heterocycles. The summed E-state index contributed by atoms with van der Waals surface area (Å²) in [5.41, 5.74) is 0.447. The number of aromatic nitrogens is 1. The number of para-hydroxylation sites is 1. The maximum atomic E-state index is 13.9. The zero-order chi connectivity index (χ0) is 22.4. The predicted octanol–water partition coefficient (Wildman–Crippen LogP) is 3.21. The molecule has 31 heavy (non-hydrogen) atoms. The highest BCUT2D eigenvalue weighted by molar-refractivity contribution is 7.09. The molecule has 1 aromatic carbocycles. The zero-order valence-corrected chi connectivity index (χ0v) is 18.7. The summed E-state index contributed by atoms with van der Waals surface area (Å²) in [4.78, 5) is 33.2. The number of thiazole rings is 1. The monoisotopic (exact) mass is 450 g/mol. The van der Waals surface area contributed by atoms with E-state index in [4.69, 9.17) is 9.47 Å². The van der Waals surface area contributed by atoms with Crippen molar-refractivity contribution in [1.82, 2.24) is 14.8 Å². The molecule has 0 spiro atoms. The summed E-state index contributed by atoms with van der Waals surface area (Å²) < 4.78 is 24.7. The number of carbonyl (C=O) groups excluding carboxylic acids is 2. The minimum absolute atomic E-state index is 0.0302. The number of anilines is 1. The number of morpholine rings is 1. The van der Waals surface area contributed by atoms with Gasteiger partial charge in [0.1, 0.15) is 16.5 Å². The van der Waals surface area contributed by atoms with Gasteiger partial charge in [-0.25, -0.2) is 14.2 Å². The number of ether oxygens (including phenoxy) is 2. The summed E-state index contributed by atoms with van der Waals surface area (Å²) in [7, 11) is 1.54. The van der Waals surface area contributed by atoms with Crippen LogP contribution in [0, 0.1) is 5.82 Å². The van der Waals surface area contributed by atoms with Gasteiger partial charge in [0.05, 0.1) is 31.0 Å². The molecule has 0 saturated carbocycles. The van der Waals surface area contributed by atoms with Gasteiger partial charge in [-0.2, -0.15) is 0 Å². The standard InChI is InChI=1S/C21H27FN4O4S/c1-14-10-26(11-15(2)30-14)20(27)18-13-31-19(23-18)12-25(8-9-29-3)21(28)24-17-7-5-4-6-16(17)22/h4-7,13-15H,8-12H2,1-3H3,(H,24,28). The summed E-state index contributed by atoms with van der Waals surface area (Å²) in [6.45, 7) is 5.68. The molecule has 2 heterocycles. The van der Waals surface area contributed by atoms with Crippen LogP contribution in [0.3, 0.4) is 0 Å². The minimum atomic E-state index is -0.515. The molecule has 1 aliphatic heterocycles. The second-order valence-electron chi connectivity index (χ2n) is 7.42. The molecule has 8 nitrogen and oxygen atoms in total. The van der Waals surface area contributed by atoms with Crippen molar-refractivity contribution in [3.8, 4) is 0 Å². The fourth-order valence-corrected chi connectivity index (χ4v) is 4.14. The summed E-state index contributed by atoms with van der Waals surface area (Å²) in [6.07, 6.45) is -0.0603. The van der Waals surface area contributed by atoms with E-state index in [1.54, 1.807) is 22.4 Å². The Balaban J connectivity index is 1.68. The lowest BCUT2D eigenvalue weighted by Gasteiger charge is -2.34. The average molecular weight is 451 g/mol. The highest BCUT2D eigenvalue weighted by Gasteiger charge is 2.28. The first kappa shape index (κ1) is 23.1. The Kier molecular flexibility index (Phi) is 7.94. The Morgan fingerprint density at radius 3 is 2.71 bits per heavy atom. The van der Waals surface area contributed by atoms with Crippen LogP contribution in [0.15, 0.2) is 29.6 Å². The van der Waals surface area contributed by atoms with Crippen LogP contribution >= 0.6 is 11.3 Å². The lowest BCUT2D eigenvalue weighted by molar-refractivity contribution is -0.0587. The Morgan fingerprint density at radius 2 is 2.03 bits per heavy atom. The highest BCUT2D eigenvalue weighted by Crippen LogP contribution is 2.19. The molecular weight excluding hydrogens is 423 g/mol. The van der Waals surface area contributed by atoms with Crippen molar-refractivity contribution < 1.29 is 23.5 Å². The van der Waals surface area contributed by atoms with Crippen molar-refractivity contribution in [2.45, 2.75) is 32.6 Å². The highest BCUT2D eigenvalue weighted by atomic mass is 32.1. The topological polar surface area (TPSA) is 84.0 Å². The van der Waals surface area contributed by atoms with Gasteiger partial charge in [-0.3, -0.25) is 4.79 Å². The molecule has 2 aromatic rings. The molecule has 3 amide bonds. The van der Waals surface area contributed by atoms with E-state index in [-0.39, 0.29) is 36.9 Å². The minimum Gasteiger partial charge on any atom is -0.383 e. The van der Waals surface area contributed by atoms with E-state index in [0.29, 0.717) is 30.4 Å². The van der Waals surface area contributed by atoms with Crippen molar-refractivity contribution in [2.24, 2.45) is 0 Å². The molecule has 1 aromatic heterocycles. The maximum absolute atomic E-state index is 13.9. The molecule has 1 aliphatic rings. The van der Waals surface area contributed by atoms with Gasteiger partial charge in [-0.15, -0.1) is 11.3 Å². The second-order valence-corrected chi connectivity index (χ2v) is 8.36. The molecule has 2 unspecified atom stereocenters. The fraction of sp³-hybridized carbons (Fsp3) is 0.476. The van der Waals surface area contributed by atoms with Gasteiger partial charge in [0.25, 0.3) is 5.91 Å². The van der Waals surface area contributed by atoms with Crippen molar-refractivity contribution in [3.63, 3.8) is 0 Å². The van der Waals surface area contributed by atoms with E-state index in [1.807, 2.05) is 13.8 Å². The lowest BCUT2D eigenvalue weighted by atomic mass is 10.2. The van der Waals surface area contributed by atoms with Crippen LogP contribution in [-0.4, -0.2) is 72.3 Å². The van der Waals surface area contributed by atoms with Crippen molar-refractivity contribution in [3.05, 3.63) is 46.2 Å².